The molecule has 0 heterocycles. The van der Waals surface area contributed by atoms with Crippen LogP contribution in [0.1, 0.15) is 31.2 Å². The molecule has 0 amide bonds. The third kappa shape index (κ3) is 3.29. The molecule has 1 saturated carbocycles. The molecule has 3 heteroatoms. The number of hydrogen-bond donors (Lipinski definition) is 0. The molecule has 1 fully saturated rings. The molecule has 0 atom stereocenters. The third-order valence-corrected chi connectivity index (χ3v) is 4.13. The summed E-state index contributed by atoms with van der Waals surface area (Å²) in [4.78, 5) is 2.31. The zero-order chi connectivity index (χ0) is 12.3. The highest BCUT2D eigenvalue weighted by Crippen LogP contribution is 2.30. The predicted molar refractivity (Wildman–Crippen MR) is 76.2 cm³/mol. The zero-order valence-corrected chi connectivity index (χ0v) is 11.8. The van der Waals surface area contributed by atoms with Gasteiger partial charge in [0, 0.05) is 30.2 Å². The Hall–Kier alpha value is -0.400. The summed E-state index contributed by atoms with van der Waals surface area (Å²) in [5.74, 6) is 1.38. The average Bonchev–Trinajstić information content (AvgIpc) is 2.81. The highest BCUT2D eigenvalue weighted by atomic mass is 35.5. The van der Waals surface area contributed by atoms with E-state index >= 15 is 0 Å². The Morgan fingerprint density at radius 1 is 1.29 bits per heavy atom. The lowest BCUT2D eigenvalue weighted by Gasteiger charge is -2.25. The van der Waals surface area contributed by atoms with Gasteiger partial charge in [0.05, 0.1) is 0 Å². The Labute approximate surface area is 114 Å². The van der Waals surface area contributed by atoms with Gasteiger partial charge in [-0.3, -0.25) is 0 Å². The minimum absolute atomic E-state index is 0.543. The molecule has 0 radical (unpaired) electrons. The van der Waals surface area contributed by atoms with E-state index in [9.17, 15) is 0 Å². The molecule has 0 spiro atoms. The third-order valence-electron chi connectivity index (χ3n) is 3.61. The van der Waals surface area contributed by atoms with Gasteiger partial charge in [-0.1, -0.05) is 30.5 Å². The quantitative estimate of drug-likeness (QED) is 0.718. The van der Waals surface area contributed by atoms with Crippen molar-refractivity contribution in [1.29, 1.82) is 0 Å². The van der Waals surface area contributed by atoms with Gasteiger partial charge in [-0.25, -0.2) is 0 Å². The van der Waals surface area contributed by atoms with Gasteiger partial charge in [-0.15, -0.1) is 11.6 Å². The summed E-state index contributed by atoms with van der Waals surface area (Å²) in [6.45, 7) is 1.12. The summed E-state index contributed by atoms with van der Waals surface area (Å²) in [6, 6.07) is 5.95. The van der Waals surface area contributed by atoms with Gasteiger partial charge in [0.25, 0.3) is 0 Å². The van der Waals surface area contributed by atoms with Crippen molar-refractivity contribution in [1.82, 2.24) is 0 Å². The van der Waals surface area contributed by atoms with Crippen LogP contribution >= 0.6 is 23.2 Å². The van der Waals surface area contributed by atoms with E-state index < -0.39 is 0 Å². The number of alkyl halides is 1. The van der Waals surface area contributed by atoms with Crippen LogP contribution in [0.25, 0.3) is 0 Å². The first kappa shape index (κ1) is 13.0. The molecule has 0 bridgehead atoms. The summed E-state index contributed by atoms with van der Waals surface area (Å²) < 4.78 is 0. The SMILES string of the molecule is CN(CC1CCCC1)c1cc(Cl)ccc1CCl. The Bertz CT molecular complexity index is 372. The second kappa shape index (κ2) is 5.97. The number of benzene rings is 1. The van der Waals surface area contributed by atoms with Gasteiger partial charge < -0.3 is 4.90 Å². The van der Waals surface area contributed by atoms with Crippen LogP contribution in [-0.4, -0.2) is 13.6 Å². The van der Waals surface area contributed by atoms with Crippen molar-refractivity contribution in [3.63, 3.8) is 0 Å². The first-order valence-electron chi connectivity index (χ1n) is 6.26. The van der Waals surface area contributed by atoms with Gasteiger partial charge in [0.2, 0.25) is 0 Å². The molecule has 1 aliphatic carbocycles. The predicted octanol–water partition coefficient (Wildman–Crippen LogP) is 4.71. The Kier molecular flexibility index (Phi) is 4.58. The second-order valence-corrected chi connectivity index (χ2v) is 5.64. The molecule has 94 valence electrons. The molecule has 0 N–H and O–H groups in total. The number of halogens is 2. The highest BCUT2D eigenvalue weighted by Gasteiger charge is 2.18. The summed E-state index contributed by atoms with van der Waals surface area (Å²) in [7, 11) is 2.14. The minimum Gasteiger partial charge on any atom is -0.374 e. The fourth-order valence-corrected chi connectivity index (χ4v) is 3.08. The molecule has 0 unspecified atom stereocenters. The van der Waals surface area contributed by atoms with Crippen LogP contribution in [0.3, 0.4) is 0 Å². The van der Waals surface area contributed by atoms with Crippen LogP contribution in [0, 0.1) is 5.92 Å². The first-order chi connectivity index (χ1) is 8.20. The number of nitrogens with zero attached hydrogens (tertiary/aromatic N) is 1. The lowest BCUT2D eigenvalue weighted by molar-refractivity contribution is 0.546. The molecular formula is C14H19Cl2N. The molecule has 2 rings (SSSR count). The van der Waals surface area contributed by atoms with Gasteiger partial charge in [0.1, 0.15) is 0 Å². The normalized spacial score (nSPS) is 16.4. The van der Waals surface area contributed by atoms with Crippen molar-refractivity contribution in [2.24, 2.45) is 5.92 Å². The second-order valence-electron chi connectivity index (χ2n) is 4.94. The van der Waals surface area contributed by atoms with E-state index in [0.717, 1.165) is 23.0 Å². The molecule has 17 heavy (non-hydrogen) atoms. The highest BCUT2D eigenvalue weighted by molar-refractivity contribution is 6.31. The molecular weight excluding hydrogens is 253 g/mol. The standard InChI is InChI=1S/C14H19Cl2N/c1-17(10-11-4-2-3-5-11)14-8-13(16)7-6-12(14)9-15/h6-8,11H,2-5,9-10H2,1H3. The van der Waals surface area contributed by atoms with Crippen LogP contribution in [0.5, 0.6) is 0 Å². The van der Waals surface area contributed by atoms with Crippen molar-refractivity contribution in [2.45, 2.75) is 31.6 Å². The van der Waals surface area contributed by atoms with Gasteiger partial charge >= 0.3 is 0 Å². The zero-order valence-electron chi connectivity index (χ0n) is 10.3. The average molecular weight is 272 g/mol. The van der Waals surface area contributed by atoms with Crippen molar-refractivity contribution in [3.05, 3.63) is 28.8 Å². The van der Waals surface area contributed by atoms with E-state index in [-0.39, 0.29) is 0 Å². The number of hydrogen-bond acceptors (Lipinski definition) is 1. The minimum atomic E-state index is 0.543. The van der Waals surface area contributed by atoms with Gasteiger partial charge in [0.15, 0.2) is 0 Å². The Morgan fingerprint density at radius 2 is 2.00 bits per heavy atom. The van der Waals surface area contributed by atoms with E-state index in [1.54, 1.807) is 0 Å². The Morgan fingerprint density at radius 3 is 2.65 bits per heavy atom. The van der Waals surface area contributed by atoms with Gasteiger partial charge in [-0.05, 0) is 36.5 Å². The molecule has 0 saturated heterocycles. The van der Waals surface area contributed by atoms with E-state index in [4.69, 9.17) is 23.2 Å². The lowest BCUT2D eigenvalue weighted by Crippen LogP contribution is -2.24. The number of rotatable bonds is 4. The largest absolute Gasteiger partial charge is 0.374 e. The smallest absolute Gasteiger partial charge is 0.0494 e. The maximum atomic E-state index is 6.06. The fraction of sp³-hybridized carbons (Fsp3) is 0.571. The van der Waals surface area contributed by atoms with Gasteiger partial charge in [-0.2, -0.15) is 0 Å². The molecule has 1 aromatic carbocycles. The maximum Gasteiger partial charge on any atom is 0.0494 e. The van der Waals surface area contributed by atoms with E-state index in [2.05, 4.69) is 11.9 Å². The molecule has 0 aromatic heterocycles. The lowest BCUT2D eigenvalue weighted by atomic mass is 10.1. The van der Waals surface area contributed by atoms with Crippen LogP contribution in [0.2, 0.25) is 5.02 Å². The summed E-state index contributed by atoms with van der Waals surface area (Å²) in [5, 5.41) is 0.784. The van der Waals surface area contributed by atoms with E-state index in [0.29, 0.717) is 5.88 Å². The van der Waals surface area contributed by atoms with Crippen LogP contribution < -0.4 is 4.90 Å². The summed E-state index contributed by atoms with van der Waals surface area (Å²) in [5.41, 5.74) is 2.34. The molecule has 1 nitrogen and oxygen atoms in total. The van der Waals surface area contributed by atoms with E-state index in [1.165, 1.54) is 31.4 Å². The fourth-order valence-electron chi connectivity index (χ4n) is 2.68. The van der Waals surface area contributed by atoms with Crippen molar-refractivity contribution in [3.8, 4) is 0 Å². The van der Waals surface area contributed by atoms with E-state index in [1.807, 2.05) is 18.2 Å². The molecule has 1 aromatic rings. The van der Waals surface area contributed by atoms with Crippen molar-refractivity contribution < 1.29 is 0 Å². The number of anilines is 1. The van der Waals surface area contributed by atoms with Crippen LogP contribution in [0.15, 0.2) is 18.2 Å². The van der Waals surface area contributed by atoms with Crippen molar-refractivity contribution >= 4 is 28.9 Å². The molecule has 0 aliphatic heterocycles. The Balaban J connectivity index is 2.11. The summed E-state index contributed by atoms with van der Waals surface area (Å²) in [6.07, 6.45) is 5.50. The monoisotopic (exact) mass is 271 g/mol. The molecule has 1 aliphatic rings. The summed E-state index contributed by atoms with van der Waals surface area (Å²) >= 11 is 12.0. The van der Waals surface area contributed by atoms with Crippen LogP contribution in [-0.2, 0) is 5.88 Å². The first-order valence-corrected chi connectivity index (χ1v) is 7.17. The maximum absolute atomic E-state index is 6.06. The van der Waals surface area contributed by atoms with Crippen molar-refractivity contribution in [2.75, 3.05) is 18.5 Å². The van der Waals surface area contributed by atoms with Crippen LogP contribution in [0.4, 0.5) is 5.69 Å². The topological polar surface area (TPSA) is 3.24 Å².